The number of nitrogens with one attached hydrogen (secondary N) is 1. The van der Waals surface area contributed by atoms with Crippen LogP contribution in [-0.4, -0.2) is 23.9 Å². The third-order valence-corrected chi connectivity index (χ3v) is 2.84. The molecule has 22 heavy (non-hydrogen) atoms. The summed E-state index contributed by atoms with van der Waals surface area (Å²) < 4.78 is 4.70. The molecule has 0 aromatic carbocycles. The van der Waals surface area contributed by atoms with Gasteiger partial charge in [0.15, 0.2) is 0 Å². The molecule has 1 aromatic heterocycles. The molecule has 0 aliphatic carbocycles. The van der Waals surface area contributed by atoms with Crippen molar-refractivity contribution in [1.29, 1.82) is 0 Å². The summed E-state index contributed by atoms with van der Waals surface area (Å²) in [6, 6.07) is 1.53. The fourth-order valence-corrected chi connectivity index (χ4v) is 1.50. The van der Waals surface area contributed by atoms with E-state index in [1.54, 1.807) is 19.2 Å². The van der Waals surface area contributed by atoms with E-state index in [1.165, 1.54) is 25.6 Å². The highest BCUT2D eigenvalue weighted by molar-refractivity contribution is 6.01. The third kappa shape index (κ3) is 4.59. The average molecular weight is 300 g/mol. The van der Waals surface area contributed by atoms with Crippen LogP contribution in [0.15, 0.2) is 59.7 Å². The lowest BCUT2D eigenvalue weighted by molar-refractivity contribution is 0.0601. The summed E-state index contributed by atoms with van der Waals surface area (Å²) in [6.45, 7) is 7.38. The minimum absolute atomic E-state index is 0.269. The lowest BCUT2D eigenvalue weighted by Crippen LogP contribution is -2.16. The first-order valence-electron chi connectivity index (χ1n) is 6.62. The SMILES string of the molecule is C=C/C(=C/C)N/C=C(/C)C(N)=Nc1cnccc1C(=O)OC. The molecule has 3 N–H and O–H groups in total. The molecule has 6 nitrogen and oxygen atoms in total. The first-order chi connectivity index (χ1) is 10.5. The van der Waals surface area contributed by atoms with Gasteiger partial charge in [0, 0.05) is 23.7 Å². The summed E-state index contributed by atoms with van der Waals surface area (Å²) in [4.78, 5) is 19.9. The molecule has 0 radical (unpaired) electrons. The molecule has 116 valence electrons. The van der Waals surface area contributed by atoms with Crippen LogP contribution < -0.4 is 11.1 Å². The summed E-state index contributed by atoms with van der Waals surface area (Å²) in [6.07, 6.45) is 8.23. The summed E-state index contributed by atoms with van der Waals surface area (Å²) in [5.74, 6) is -0.221. The quantitative estimate of drug-likeness (QED) is 0.364. The Bertz CT molecular complexity index is 645. The minimum atomic E-state index is -0.489. The predicted molar refractivity (Wildman–Crippen MR) is 87.7 cm³/mol. The minimum Gasteiger partial charge on any atom is -0.465 e. The first kappa shape index (κ1) is 17.2. The molecular formula is C16H20N4O2. The number of carbonyl (C=O) groups excluding carboxylic acids is 1. The summed E-state index contributed by atoms with van der Waals surface area (Å²) in [7, 11) is 1.31. The zero-order valence-corrected chi connectivity index (χ0v) is 13.0. The highest BCUT2D eigenvalue weighted by Gasteiger charge is 2.11. The number of pyridine rings is 1. The van der Waals surface area contributed by atoms with E-state index in [4.69, 9.17) is 10.5 Å². The second-order valence-electron chi connectivity index (χ2n) is 4.30. The standard InChI is InChI=1S/C16H20N4O2/c1-5-12(6-2)19-9-11(3)15(17)20-14-10-18-8-7-13(14)16(21)22-4/h5-10,19H,1H2,2-4H3,(H2,17,20)/b11-9-,12-6-. The van der Waals surface area contributed by atoms with Gasteiger partial charge in [-0.25, -0.2) is 9.79 Å². The summed E-state index contributed by atoms with van der Waals surface area (Å²) in [5.41, 5.74) is 8.17. The summed E-state index contributed by atoms with van der Waals surface area (Å²) >= 11 is 0. The number of carbonyl (C=O) groups is 1. The van der Waals surface area contributed by atoms with Crippen LogP contribution in [0, 0.1) is 0 Å². The van der Waals surface area contributed by atoms with Crippen molar-refractivity contribution in [2.45, 2.75) is 13.8 Å². The van der Waals surface area contributed by atoms with E-state index in [2.05, 4.69) is 21.9 Å². The molecule has 1 rings (SSSR count). The van der Waals surface area contributed by atoms with E-state index in [0.717, 1.165) is 5.70 Å². The molecule has 0 amide bonds. The number of allylic oxidation sites excluding steroid dienone is 2. The van der Waals surface area contributed by atoms with Crippen molar-refractivity contribution >= 4 is 17.5 Å². The van der Waals surface area contributed by atoms with Crippen molar-refractivity contribution in [2.75, 3.05) is 7.11 Å². The smallest absolute Gasteiger partial charge is 0.340 e. The highest BCUT2D eigenvalue weighted by Crippen LogP contribution is 2.18. The van der Waals surface area contributed by atoms with Crippen molar-refractivity contribution < 1.29 is 9.53 Å². The largest absolute Gasteiger partial charge is 0.465 e. The Kier molecular flexibility index (Phi) is 6.56. The van der Waals surface area contributed by atoms with Crippen molar-refractivity contribution in [2.24, 2.45) is 10.7 Å². The predicted octanol–water partition coefficient (Wildman–Crippen LogP) is 2.44. The molecule has 0 aliphatic rings. The Morgan fingerprint density at radius 1 is 1.55 bits per heavy atom. The molecule has 0 aliphatic heterocycles. The van der Waals surface area contributed by atoms with Gasteiger partial charge in [-0.2, -0.15) is 0 Å². The number of nitrogens with zero attached hydrogens (tertiary/aromatic N) is 2. The fourth-order valence-electron chi connectivity index (χ4n) is 1.50. The van der Waals surface area contributed by atoms with Crippen LogP contribution in [0.2, 0.25) is 0 Å². The molecule has 0 bridgehead atoms. The second kappa shape index (κ2) is 8.41. The van der Waals surface area contributed by atoms with Gasteiger partial charge in [0.25, 0.3) is 0 Å². The zero-order valence-electron chi connectivity index (χ0n) is 13.0. The molecule has 1 heterocycles. The molecule has 0 fully saturated rings. The van der Waals surface area contributed by atoms with Crippen LogP contribution in [0.25, 0.3) is 0 Å². The van der Waals surface area contributed by atoms with Crippen LogP contribution in [0.4, 0.5) is 5.69 Å². The zero-order chi connectivity index (χ0) is 16.5. The van der Waals surface area contributed by atoms with E-state index >= 15 is 0 Å². The molecular weight excluding hydrogens is 280 g/mol. The number of hydrogen-bond donors (Lipinski definition) is 2. The molecule has 0 atom stereocenters. The van der Waals surface area contributed by atoms with E-state index < -0.39 is 5.97 Å². The molecule has 0 unspecified atom stereocenters. The number of aliphatic imine (C=N–C) groups is 1. The third-order valence-electron chi connectivity index (χ3n) is 2.84. The maximum absolute atomic E-state index is 11.7. The Morgan fingerprint density at radius 3 is 2.86 bits per heavy atom. The highest BCUT2D eigenvalue weighted by atomic mass is 16.5. The van der Waals surface area contributed by atoms with Crippen LogP contribution >= 0.6 is 0 Å². The van der Waals surface area contributed by atoms with Gasteiger partial charge in [-0.3, -0.25) is 4.98 Å². The van der Waals surface area contributed by atoms with E-state index in [0.29, 0.717) is 16.8 Å². The van der Waals surface area contributed by atoms with Gasteiger partial charge in [0.1, 0.15) is 5.84 Å². The van der Waals surface area contributed by atoms with Gasteiger partial charge >= 0.3 is 5.97 Å². The number of ether oxygens (including phenoxy) is 1. The normalized spacial score (nSPS) is 12.8. The fraction of sp³-hybridized carbons (Fsp3) is 0.188. The Balaban J connectivity index is 3.05. The number of nitrogens with two attached hydrogens (primary N) is 1. The number of aromatic nitrogens is 1. The Labute approximate surface area is 130 Å². The number of hydrogen-bond acceptors (Lipinski definition) is 5. The molecule has 0 saturated carbocycles. The van der Waals surface area contributed by atoms with Crippen LogP contribution in [0.3, 0.4) is 0 Å². The van der Waals surface area contributed by atoms with Crippen molar-refractivity contribution in [3.63, 3.8) is 0 Å². The van der Waals surface area contributed by atoms with Crippen molar-refractivity contribution in [3.8, 4) is 0 Å². The van der Waals surface area contributed by atoms with Gasteiger partial charge in [-0.05, 0) is 26.0 Å². The van der Waals surface area contributed by atoms with Gasteiger partial charge in [0.2, 0.25) is 0 Å². The molecule has 6 heteroatoms. The number of rotatable bonds is 6. The van der Waals surface area contributed by atoms with Crippen molar-refractivity contribution in [1.82, 2.24) is 10.3 Å². The van der Waals surface area contributed by atoms with Crippen LogP contribution in [-0.2, 0) is 4.74 Å². The van der Waals surface area contributed by atoms with Crippen LogP contribution in [0.5, 0.6) is 0 Å². The topological polar surface area (TPSA) is 89.6 Å². The molecule has 1 aromatic rings. The van der Waals surface area contributed by atoms with E-state index in [9.17, 15) is 4.79 Å². The average Bonchev–Trinajstić information content (AvgIpc) is 2.55. The van der Waals surface area contributed by atoms with Gasteiger partial charge in [-0.1, -0.05) is 12.7 Å². The van der Waals surface area contributed by atoms with Gasteiger partial charge in [-0.15, -0.1) is 0 Å². The molecule has 0 saturated heterocycles. The Hall–Kier alpha value is -2.89. The monoisotopic (exact) mass is 300 g/mol. The lowest BCUT2D eigenvalue weighted by atomic mass is 10.2. The van der Waals surface area contributed by atoms with Crippen molar-refractivity contribution in [3.05, 3.63) is 60.2 Å². The van der Waals surface area contributed by atoms with Crippen LogP contribution in [0.1, 0.15) is 24.2 Å². The maximum atomic E-state index is 11.7. The number of esters is 1. The summed E-state index contributed by atoms with van der Waals surface area (Å²) in [5, 5.41) is 3.05. The van der Waals surface area contributed by atoms with Gasteiger partial charge < -0.3 is 15.8 Å². The maximum Gasteiger partial charge on any atom is 0.340 e. The van der Waals surface area contributed by atoms with Gasteiger partial charge in [0.05, 0.1) is 24.6 Å². The Morgan fingerprint density at radius 2 is 2.27 bits per heavy atom. The first-order valence-corrected chi connectivity index (χ1v) is 6.62. The number of amidine groups is 1. The lowest BCUT2D eigenvalue weighted by Gasteiger charge is -2.06. The second-order valence-corrected chi connectivity index (χ2v) is 4.30. The van der Waals surface area contributed by atoms with E-state index in [-0.39, 0.29) is 5.84 Å². The number of methoxy groups -OCH3 is 1. The van der Waals surface area contributed by atoms with E-state index in [1.807, 2.05) is 13.0 Å². The molecule has 0 spiro atoms.